The van der Waals surface area contributed by atoms with Gasteiger partial charge in [0, 0.05) is 55.5 Å². The van der Waals surface area contributed by atoms with Crippen LogP contribution >= 0.6 is 0 Å². The van der Waals surface area contributed by atoms with Gasteiger partial charge >= 0.3 is 0 Å². The van der Waals surface area contributed by atoms with Crippen LogP contribution in [0.3, 0.4) is 0 Å². The maximum absolute atomic E-state index is 13.0. The second-order valence-electron chi connectivity index (χ2n) is 9.06. The quantitative estimate of drug-likeness (QED) is 0.621. The highest BCUT2D eigenvalue weighted by molar-refractivity contribution is 5.93. The fraction of sp³-hybridized carbons (Fsp3) is 0.370. The Morgan fingerprint density at radius 2 is 1.62 bits per heavy atom. The minimum Gasteiger partial charge on any atom is -0.378 e. The van der Waals surface area contributed by atoms with Crippen molar-refractivity contribution in [2.24, 2.45) is 5.92 Å². The molecule has 34 heavy (non-hydrogen) atoms. The maximum Gasteiger partial charge on any atom is 0.229 e. The number of rotatable bonds is 5. The van der Waals surface area contributed by atoms with Crippen LogP contribution in [0.4, 0.5) is 17.3 Å². The molecule has 176 valence electrons. The molecule has 7 nitrogen and oxygen atoms in total. The topological polar surface area (TPSA) is 70.6 Å². The van der Waals surface area contributed by atoms with Crippen LogP contribution in [0, 0.1) is 12.8 Å². The molecule has 7 heteroatoms. The summed E-state index contributed by atoms with van der Waals surface area (Å²) >= 11 is 0. The van der Waals surface area contributed by atoms with Crippen LogP contribution in [-0.4, -0.2) is 55.3 Å². The first-order valence-electron chi connectivity index (χ1n) is 12.0. The molecule has 2 saturated heterocycles. The third-order valence-electron chi connectivity index (χ3n) is 6.61. The van der Waals surface area contributed by atoms with E-state index < -0.39 is 0 Å². The number of nitrogens with zero attached hydrogens (tertiary/aromatic N) is 4. The SMILES string of the molecule is Cc1ccc(-c2cnc(N3CCC[C@H](C(=O)Nc4ccc(N5CCOCC5)cc4)C3)nc2)cc1. The summed E-state index contributed by atoms with van der Waals surface area (Å²) in [6.07, 6.45) is 5.55. The summed E-state index contributed by atoms with van der Waals surface area (Å²) in [5, 5.41) is 3.10. The van der Waals surface area contributed by atoms with Gasteiger partial charge < -0.3 is 19.9 Å². The van der Waals surface area contributed by atoms with E-state index >= 15 is 0 Å². The molecule has 1 N–H and O–H groups in total. The highest BCUT2D eigenvalue weighted by atomic mass is 16.5. The number of carbonyl (C=O) groups excluding carboxylic acids is 1. The van der Waals surface area contributed by atoms with E-state index in [0.717, 1.165) is 68.2 Å². The normalized spacial score (nSPS) is 18.6. The molecule has 0 unspecified atom stereocenters. The molecule has 2 fully saturated rings. The lowest BCUT2D eigenvalue weighted by atomic mass is 9.97. The molecule has 2 aliphatic heterocycles. The molecule has 0 bridgehead atoms. The van der Waals surface area contributed by atoms with E-state index in [1.165, 1.54) is 5.56 Å². The Kier molecular flexibility index (Phi) is 6.72. The smallest absolute Gasteiger partial charge is 0.229 e. The molecule has 0 aliphatic carbocycles. The van der Waals surface area contributed by atoms with E-state index in [0.29, 0.717) is 12.5 Å². The van der Waals surface area contributed by atoms with Gasteiger partial charge in [-0.05, 0) is 49.6 Å². The molecule has 1 atom stereocenters. The average molecular weight is 458 g/mol. The number of nitrogens with one attached hydrogen (secondary N) is 1. The van der Waals surface area contributed by atoms with Gasteiger partial charge in [-0.2, -0.15) is 0 Å². The largest absolute Gasteiger partial charge is 0.378 e. The third kappa shape index (κ3) is 5.20. The minimum absolute atomic E-state index is 0.0556. The molecular formula is C27H31N5O2. The van der Waals surface area contributed by atoms with Crippen molar-refractivity contribution < 1.29 is 9.53 Å². The van der Waals surface area contributed by atoms with Crippen molar-refractivity contribution in [2.75, 3.05) is 54.5 Å². The predicted octanol–water partition coefficient (Wildman–Crippen LogP) is 4.14. The van der Waals surface area contributed by atoms with Crippen LogP contribution in [0.25, 0.3) is 11.1 Å². The van der Waals surface area contributed by atoms with Crippen LogP contribution < -0.4 is 15.1 Å². The number of aryl methyl sites for hydroxylation is 1. The van der Waals surface area contributed by atoms with E-state index in [2.05, 4.69) is 68.4 Å². The number of anilines is 3. The molecule has 5 rings (SSSR count). The van der Waals surface area contributed by atoms with E-state index in [9.17, 15) is 4.79 Å². The zero-order chi connectivity index (χ0) is 23.3. The van der Waals surface area contributed by atoms with Gasteiger partial charge in [-0.3, -0.25) is 4.79 Å². The van der Waals surface area contributed by atoms with E-state index in [4.69, 9.17) is 4.74 Å². The van der Waals surface area contributed by atoms with E-state index in [-0.39, 0.29) is 11.8 Å². The summed E-state index contributed by atoms with van der Waals surface area (Å²) < 4.78 is 5.42. The van der Waals surface area contributed by atoms with Crippen molar-refractivity contribution in [1.29, 1.82) is 0 Å². The number of hydrogen-bond acceptors (Lipinski definition) is 6. The zero-order valence-electron chi connectivity index (χ0n) is 19.6. The molecule has 0 spiro atoms. The third-order valence-corrected chi connectivity index (χ3v) is 6.61. The Bertz CT molecular complexity index is 1090. The van der Waals surface area contributed by atoms with Gasteiger partial charge in [-0.25, -0.2) is 9.97 Å². The van der Waals surface area contributed by atoms with Crippen molar-refractivity contribution in [2.45, 2.75) is 19.8 Å². The fourth-order valence-corrected chi connectivity index (χ4v) is 4.57. The summed E-state index contributed by atoms with van der Waals surface area (Å²) in [6, 6.07) is 16.5. The van der Waals surface area contributed by atoms with Gasteiger partial charge in [0.25, 0.3) is 0 Å². The predicted molar refractivity (Wildman–Crippen MR) is 135 cm³/mol. The second-order valence-corrected chi connectivity index (χ2v) is 9.06. The Morgan fingerprint density at radius 1 is 0.912 bits per heavy atom. The molecule has 2 aromatic carbocycles. The Morgan fingerprint density at radius 3 is 2.32 bits per heavy atom. The van der Waals surface area contributed by atoms with Crippen molar-refractivity contribution in [3.8, 4) is 11.1 Å². The summed E-state index contributed by atoms with van der Waals surface area (Å²) in [7, 11) is 0. The summed E-state index contributed by atoms with van der Waals surface area (Å²) in [5.41, 5.74) is 5.32. The lowest BCUT2D eigenvalue weighted by Gasteiger charge is -2.32. The summed E-state index contributed by atoms with van der Waals surface area (Å²) in [5.74, 6) is 0.649. The van der Waals surface area contributed by atoms with E-state index in [1.54, 1.807) is 0 Å². The zero-order valence-corrected chi connectivity index (χ0v) is 19.6. The maximum atomic E-state index is 13.0. The molecule has 2 aliphatic rings. The van der Waals surface area contributed by atoms with Crippen LogP contribution in [0.1, 0.15) is 18.4 Å². The van der Waals surface area contributed by atoms with Crippen LogP contribution in [0.15, 0.2) is 60.9 Å². The highest BCUT2D eigenvalue weighted by Crippen LogP contribution is 2.25. The summed E-state index contributed by atoms with van der Waals surface area (Å²) in [4.78, 5) is 26.6. The average Bonchev–Trinajstić information content (AvgIpc) is 2.90. The number of ether oxygens (including phenoxy) is 1. The number of hydrogen-bond donors (Lipinski definition) is 1. The summed E-state index contributed by atoms with van der Waals surface area (Å²) in [6.45, 7) is 6.88. The monoisotopic (exact) mass is 457 g/mol. The van der Waals surface area contributed by atoms with Gasteiger partial charge in [0.2, 0.25) is 11.9 Å². The molecule has 1 amide bonds. The first kappa shape index (κ1) is 22.3. The van der Waals surface area contributed by atoms with Crippen LogP contribution in [0.5, 0.6) is 0 Å². The minimum atomic E-state index is -0.0898. The number of morpholine rings is 1. The number of piperidine rings is 1. The number of benzene rings is 2. The Balaban J connectivity index is 1.19. The van der Waals surface area contributed by atoms with Gasteiger partial charge in [-0.1, -0.05) is 29.8 Å². The van der Waals surface area contributed by atoms with Crippen molar-refractivity contribution in [3.05, 3.63) is 66.5 Å². The number of amides is 1. The Hall–Kier alpha value is -3.45. The van der Waals surface area contributed by atoms with Gasteiger partial charge in [0.1, 0.15) is 0 Å². The fourth-order valence-electron chi connectivity index (χ4n) is 4.57. The first-order chi connectivity index (χ1) is 16.7. The molecule has 1 aromatic heterocycles. The molecule has 0 saturated carbocycles. The van der Waals surface area contributed by atoms with Crippen LogP contribution in [0.2, 0.25) is 0 Å². The molecule has 3 heterocycles. The highest BCUT2D eigenvalue weighted by Gasteiger charge is 2.27. The lowest BCUT2D eigenvalue weighted by molar-refractivity contribution is -0.120. The standard InChI is InChI=1S/C27H31N5O2/c1-20-4-6-21(7-5-20)23-17-28-27(29-18-23)32-12-2-3-22(19-32)26(33)30-24-8-10-25(11-9-24)31-13-15-34-16-14-31/h4-11,17-18,22H,2-3,12-16,19H2,1H3,(H,30,33)/t22-/m0/s1. The van der Waals surface area contributed by atoms with Crippen LogP contribution in [-0.2, 0) is 9.53 Å². The van der Waals surface area contributed by atoms with Crippen molar-refractivity contribution in [1.82, 2.24) is 9.97 Å². The van der Waals surface area contributed by atoms with Crippen molar-refractivity contribution in [3.63, 3.8) is 0 Å². The molecular weight excluding hydrogens is 426 g/mol. The van der Waals surface area contributed by atoms with E-state index in [1.807, 2.05) is 24.5 Å². The van der Waals surface area contributed by atoms with Gasteiger partial charge in [-0.15, -0.1) is 0 Å². The lowest BCUT2D eigenvalue weighted by Crippen LogP contribution is -2.41. The molecule has 0 radical (unpaired) electrons. The molecule has 3 aromatic rings. The van der Waals surface area contributed by atoms with Gasteiger partial charge in [0.15, 0.2) is 0 Å². The van der Waals surface area contributed by atoms with Gasteiger partial charge in [0.05, 0.1) is 19.1 Å². The first-order valence-corrected chi connectivity index (χ1v) is 12.0. The van der Waals surface area contributed by atoms with Crippen molar-refractivity contribution >= 4 is 23.2 Å². The number of carbonyl (C=O) groups is 1. The number of aromatic nitrogens is 2. The Labute approximate surface area is 200 Å². The second kappa shape index (κ2) is 10.2.